The van der Waals surface area contributed by atoms with Crippen LogP contribution in [0.4, 0.5) is 0 Å². The maximum absolute atomic E-state index is 12.7. The van der Waals surface area contributed by atoms with Gasteiger partial charge in [-0.3, -0.25) is 19.7 Å². The van der Waals surface area contributed by atoms with Gasteiger partial charge in [0.15, 0.2) is 0 Å². The molecule has 1 aromatic carbocycles. The normalized spacial score (nSPS) is 18.9. The number of nitrogens with one attached hydrogen (secondary N) is 1. The van der Waals surface area contributed by atoms with Crippen molar-refractivity contribution in [3.63, 3.8) is 0 Å². The van der Waals surface area contributed by atoms with E-state index in [1.807, 2.05) is 31.2 Å². The summed E-state index contributed by atoms with van der Waals surface area (Å²) in [6.45, 7) is 1.75. The van der Waals surface area contributed by atoms with Crippen LogP contribution in [-0.4, -0.2) is 35.2 Å². The van der Waals surface area contributed by atoms with Crippen LogP contribution in [0, 0.1) is 0 Å². The van der Waals surface area contributed by atoms with Crippen LogP contribution in [0.3, 0.4) is 0 Å². The van der Waals surface area contributed by atoms with Gasteiger partial charge in [0, 0.05) is 15.5 Å². The highest BCUT2D eigenvalue weighted by atomic mass is 32.1. The number of hydrogen-bond donors (Lipinski definition) is 1. The molecule has 3 amide bonds. The van der Waals surface area contributed by atoms with Crippen molar-refractivity contribution in [2.45, 2.75) is 19.4 Å². The van der Waals surface area contributed by atoms with Gasteiger partial charge in [0.05, 0.1) is 5.56 Å². The van der Waals surface area contributed by atoms with E-state index < -0.39 is 17.9 Å². The largest absolute Gasteiger partial charge is 0.317 e. The highest BCUT2D eigenvalue weighted by Gasteiger charge is 2.36. The van der Waals surface area contributed by atoms with Crippen LogP contribution in [0.15, 0.2) is 29.6 Å². The second-order valence-electron chi connectivity index (χ2n) is 4.92. The first-order valence-electron chi connectivity index (χ1n) is 6.72. The predicted molar refractivity (Wildman–Crippen MR) is 80.1 cm³/mol. The van der Waals surface area contributed by atoms with Gasteiger partial charge in [-0.2, -0.15) is 0 Å². The topological polar surface area (TPSA) is 66.5 Å². The molecule has 2 heterocycles. The SMILES string of the molecule is CCC1C(=O)NC(=O)CN1C(=O)c1csc2ccccc12. The smallest absolute Gasteiger partial charge is 0.256 e. The van der Waals surface area contributed by atoms with Crippen molar-refractivity contribution >= 4 is 39.1 Å². The Labute approximate surface area is 125 Å². The van der Waals surface area contributed by atoms with E-state index in [0.29, 0.717) is 12.0 Å². The van der Waals surface area contributed by atoms with Gasteiger partial charge in [0.25, 0.3) is 5.91 Å². The highest BCUT2D eigenvalue weighted by Crippen LogP contribution is 2.27. The van der Waals surface area contributed by atoms with Crippen LogP contribution in [0.2, 0.25) is 0 Å². The lowest BCUT2D eigenvalue weighted by Crippen LogP contribution is -2.59. The van der Waals surface area contributed by atoms with Gasteiger partial charge in [-0.25, -0.2) is 0 Å². The predicted octanol–water partition coefficient (Wildman–Crippen LogP) is 1.78. The Bertz CT molecular complexity index is 737. The number of piperazine rings is 1. The minimum absolute atomic E-state index is 0.0761. The van der Waals surface area contributed by atoms with Crippen molar-refractivity contribution in [1.82, 2.24) is 10.2 Å². The lowest BCUT2D eigenvalue weighted by atomic mass is 10.1. The Morgan fingerprint density at radius 3 is 2.90 bits per heavy atom. The van der Waals surface area contributed by atoms with Gasteiger partial charge in [-0.05, 0) is 12.5 Å². The first kappa shape index (κ1) is 13.8. The fraction of sp³-hybridized carbons (Fsp3) is 0.267. The second kappa shape index (κ2) is 5.29. The van der Waals surface area contributed by atoms with E-state index in [4.69, 9.17) is 0 Å². The van der Waals surface area contributed by atoms with E-state index in [9.17, 15) is 14.4 Å². The molecule has 1 N–H and O–H groups in total. The minimum Gasteiger partial charge on any atom is -0.317 e. The molecule has 5 nitrogen and oxygen atoms in total. The summed E-state index contributed by atoms with van der Waals surface area (Å²) in [5, 5.41) is 4.93. The third-order valence-electron chi connectivity index (χ3n) is 3.61. The molecule has 1 unspecified atom stereocenters. The van der Waals surface area contributed by atoms with Gasteiger partial charge < -0.3 is 4.90 Å². The third-order valence-corrected chi connectivity index (χ3v) is 4.58. The summed E-state index contributed by atoms with van der Waals surface area (Å²) in [4.78, 5) is 37.5. The number of hydrogen-bond acceptors (Lipinski definition) is 4. The number of rotatable bonds is 2. The summed E-state index contributed by atoms with van der Waals surface area (Å²) in [5.41, 5.74) is 0.552. The Kier molecular flexibility index (Phi) is 3.47. The van der Waals surface area contributed by atoms with Gasteiger partial charge in [0.1, 0.15) is 12.6 Å². The lowest BCUT2D eigenvalue weighted by Gasteiger charge is -2.33. The summed E-state index contributed by atoms with van der Waals surface area (Å²) in [7, 11) is 0. The number of amides is 3. The molecule has 1 aromatic heterocycles. The molecule has 1 atom stereocenters. The molecule has 1 fully saturated rings. The van der Waals surface area contributed by atoms with Crippen LogP contribution in [0.25, 0.3) is 10.1 Å². The summed E-state index contributed by atoms with van der Waals surface area (Å²) in [6.07, 6.45) is 0.479. The molecule has 0 spiro atoms. The zero-order chi connectivity index (χ0) is 15.0. The quantitative estimate of drug-likeness (QED) is 0.860. The monoisotopic (exact) mass is 302 g/mol. The molecule has 0 aliphatic carbocycles. The molecule has 21 heavy (non-hydrogen) atoms. The molecule has 2 aromatic rings. The third kappa shape index (κ3) is 2.31. The van der Waals surface area contributed by atoms with Crippen molar-refractivity contribution in [3.05, 3.63) is 35.2 Å². The first-order chi connectivity index (χ1) is 10.1. The van der Waals surface area contributed by atoms with Gasteiger partial charge >= 0.3 is 0 Å². The summed E-state index contributed by atoms with van der Waals surface area (Å²) >= 11 is 1.48. The van der Waals surface area contributed by atoms with E-state index in [1.165, 1.54) is 16.2 Å². The van der Waals surface area contributed by atoms with E-state index in [2.05, 4.69) is 5.32 Å². The molecular weight excluding hydrogens is 288 g/mol. The van der Waals surface area contributed by atoms with Crippen molar-refractivity contribution in [2.75, 3.05) is 6.54 Å². The highest BCUT2D eigenvalue weighted by molar-refractivity contribution is 7.17. The van der Waals surface area contributed by atoms with Gasteiger partial charge in [-0.1, -0.05) is 25.1 Å². The average molecular weight is 302 g/mol. The molecular formula is C15H14N2O3S. The molecule has 108 valence electrons. The zero-order valence-corrected chi connectivity index (χ0v) is 12.3. The maximum Gasteiger partial charge on any atom is 0.256 e. The lowest BCUT2D eigenvalue weighted by molar-refractivity contribution is -0.138. The second-order valence-corrected chi connectivity index (χ2v) is 5.83. The van der Waals surface area contributed by atoms with Gasteiger partial charge in [0.2, 0.25) is 11.8 Å². The fourth-order valence-corrected chi connectivity index (χ4v) is 3.52. The van der Waals surface area contributed by atoms with Crippen LogP contribution < -0.4 is 5.32 Å². The number of carbonyl (C=O) groups is 3. The summed E-state index contributed by atoms with van der Waals surface area (Å²) < 4.78 is 1.02. The number of fused-ring (bicyclic) bond motifs is 1. The van der Waals surface area contributed by atoms with Crippen LogP contribution >= 0.6 is 11.3 Å². The van der Waals surface area contributed by atoms with E-state index in [0.717, 1.165) is 10.1 Å². The van der Waals surface area contributed by atoms with Crippen molar-refractivity contribution in [1.29, 1.82) is 0 Å². The number of thiophene rings is 1. The van der Waals surface area contributed by atoms with Crippen molar-refractivity contribution < 1.29 is 14.4 Å². The average Bonchev–Trinajstić information content (AvgIpc) is 2.89. The standard InChI is InChI=1S/C15H14N2O3S/c1-2-11-14(19)16-13(18)7-17(11)15(20)10-8-21-12-6-4-3-5-9(10)12/h3-6,8,11H,2,7H2,1H3,(H,16,18,19). The Morgan fingerprint density at radius 1 is 1.38 bits per heavy atom. The Hall–Kier alpha value is -2.21. The molecule has 1 saturated heterocycles. The summed E-state index contributed by atoms with van der Waals surface area (Å²) in [5.74, 6) is -1.10. The first-order valence-corrected chi connectivity index (χ1v) is 7.60. The van der Waals surface area contributed by atoms with E-state index in [-0.39, 0.29) is 12.5 Å². The van der Waals surface area contributed by atoms with E-state index in [1.54, 1.807) is 5.38 Å². The molecule has 0 bridgehead atoms. The summed E-state index contributed by atoms with van der Waals surface area (Å²) in [6, 6.07) is 7.03. The van der Waals surface area contributed by atoms with Crippen molar-refractivity contribution in [2.24, 2.45) is 0 Å². The number of nitrogens with zero attached hydrogens (tertiary/aromatic N) is 1. The van der Waals surface area contributed by atoms with Crippen LogP contribution in [-0.2, 0) is 9.59 Å². The van der Waals surface area contributed by atoms with Crippen LogP contribution in [0.1, 0.15) is 23.7 Å². The minimum atomic E-state index is -0.589. The molecule has 6 heteroatoms. The number of benzene rings is 1. The zero-order valence-electron chi connectivity index (χ0n) is 11.5. The number of imide groups is 1. The molecule has 1 aliphatic heterocycles. The molecule has 0 saturated carbocycles. The molecule has 0 radical (unpaired) electrons. The Balaban J connectivity index is 2.00. The van der Waals surface area contributed by atoms with Gasteiger partial charge in [-0.15, -0.1) is 11.3 Å². The number of carbonyl (C=O) groups excluding carboxylic acids is 3. The van der Waals surface area contributed by atoms with Crippen molar-refractivity contribution in [3.8, 4) is 0 Å². The Morgan fingerprint density at radius 2 is 2.14 bits per heavy atom. The molecule has 3 rings (SSSR count). The molecule has 1 aliphatic rings. The maximum atomic E-state index is 12.7. The van der Waals surface area contributed by atoms with Crippen LogP contribution in [0.5, 0.6) is 0 Å². The fourth-order valence-electron chi connectivity index (χ4n) is 2.58. The van der Waals surface area contributed by atoms with E-state index >= 15 is 0 Å².